The minimum atomic E-state index is 0.736. The number of nitrogens with zero attached hydrogens (tertiary/aromatic N) is 2. The summed E-state index contributed by atoms with van der Waals surface area (Å²) in [6, 6.07) is 2.05. The number of nitrogens with one attached hydrogen (secondary N) is 1. The average Bonchev–Trinajstić information content (AvgIpc) is 2.67. The Morgan fingerprint density at radius 2 is 2.33 bits per heavy atom. The molecule has 0 aliphatic rings. The Balaban J connectivity index is 2.23. The van der Waals surface area contributed by atoms with Crippen LogP contribution in [0.15, 0.2) is 12.3 Å². The van der Waals surface area contributed by atoms with Crippen LogP contribution in [0.2, 0.25) is 0 Å². The van der Waals surface area contributed by atoms with E-state index in [1.54, 1.807) is 0 Å². The molecule has 4 nitrogen and oxygen atoms in total. The quantitative estimate of drug-likeness (QED) is 0.661. The molecule has 1 aromatic heterocycles. The molecule has 1 N–H and O–H groups in total. The minimum Gasteiger partial charge on any atom is -0.380 e. The molecule has 0 aliphatic heterocycles. The summed E-state index contributed by atoms with van der Waals surface area (Å²) < 4.78 is 7.20. The molecule has 0 aromatic carbocycles. The third kappa shape index (κ3) is 4.95. The van der Waals surface area contributed by atoms with Crippen LogP contribution in [0.4, 0.5) is 0 Å². The number of hydrogen-bond acceptors (Lipinski definition) is 3. The van der Waals surface area contributed by atoms with Crippen molar-refractivity contribution in [1.29, 1.82) is 0 Å². The number of ether oxygens (including phenoxy) is 1. The van der Waals surface area contributed by atoms with E-state index in [2.05, 4.69) is 23.4 Å². The van der Waals surface area contributed by atoms with E-state index in [4.69, 9.17) is 4.74 Å². The molecule has 0 unspecified atom stereocenters. The van der Waals surface area contributed by atoms with Gasteiger partial charge in [-0.05, 0) is 26.0 Å². The second-order valence-corrected chi connectivity index (χ2v) is 3.44. The first-order valence-corrected chi connectivity index (χ1v) is 5.67. The second kappa shape index (κ2) is 7.43. The predicted molar refractivity (Wildman–Crippen MR) is 60.7 cm³/mol. The van der Waals surface area contributed by atoms with Crippen molar-refractivity contribution in [2.45, 2.75) is 33.4 Å². The Bertz CT molecular complexity index is 236. The molecule has 0 spiro atoms. The Labute approximate surface area is 91.6 Å². The van der Waals surface area contributed by atoms with Gasteiger partial charge in [0.1, 0.15) is 0 Å². The number of hydrogen-bond donors (Lipinski definition) is 1. The smallest absolute Gasteiger partial charge is 0.0762 e. The van der Waals surface area contributed by atoms with Gasteiger partial charge >= 0.3 is 0 Å². The molecule has 4 heteroatoms. The summed E-state index contributed by atoms with van der Waals surface area (Å²) in [5.41, 5.74) is 1.10. The van der Waals surface area contributed by atoms with Gasteiger partial charge in [-0.2, -0.15) is 5.10 Å². The topological polar surface area (TPSA) is 39.1 Å². The van der Waals surface area contributed by atoms with Crippen molar-refractivity contribution < 1.29 is 4.74 Å². The maximum Gasteiger partial charge on any atom is 0.0762 e. The predicted octanol–water partition coefficient (Wildman–Crippen LogP) is 1.42. The highest BCUT2D eigenvalue weighted by Crippen LogP contribution is 1.95. The lowest BCUT2D eigenvalue weighted by molar-refractivity contribution is 0.136. The maximum atomic E-state index is 5.27. The Hall–Kier alpha value is -0.870. The maximum absolute atomic E-state index is 5.27. The third-order valence-corrected chi connectivity index (χ3v) is 2.10. The molecule has 15 heavy (non-hydrogen) atoms. The van der Waals surface area contributed by atoms with Gasteiger partial charge in [-0.3, -0.25) is 4.68 Å². The summed E-state index contributed by atoms with van der Waals surface area (Å²) in [4.78, 5) is 0. The van der Waals surface area contributed by atoms with Gasteiger partial charge in [0, 0.05) is 19.3 Å². The molecule has 1 rings (SSSR count). The number of rotatable bonds is 8. The monoisotopic (exact) mass is 211 g/mol. The summed E-state index contributed by atoms with van der Waals surface area (Å²) in [5, 5.41) is 7.75. The lowest BCUT2D eigenvalue weighted by atomic mass is 10.4. The van der Waals surface area contributed by atoms with Crippen LogP contribution in [-0.2, 0) is 17.8 Å². The van der Waals surface area contributed by atoms with E-state index in [9.17, 15) is 0 Å². The van der Waals surface area contributed by atoms with E-state index < -0.39 is 0 Å². The van der Waals surface area contributed by atoms with Gasteiger partial charge < -0.3 is 10.1 Å². The summed E-state index contributed by atoms with van der Waals surface area (Å²) in [6.45, 7) is 8.41. The van der Waals surface area contributed by atoms with Crippen molar-refractivity contribution in [3.63, 3.8) is 0 Å². The van der Waals surface area contributed by atoms with Crippen molar-refractivity contribution in [2.75, 3.05) is 19.8 Å². The van der Waals surface area contributed by atoms with Gasteiger partial charge in [0.05, 0.1) is 18.8 Å². The molecule has 0 fully saturated rings. The van der Waals surface area contributed by atoms with Crippen LogP contribution in [0, 0.1) is 0 Å². The normalized spacial score (nSPS) is 10.8. The minimum absolute atomic E-state index is 0.736. The SMILES string of the molecule is CCCNCc1ccn(CCOCC)n1. The van der Waals surface area contributed by atoms with E-state index >= 15 is 0 Å². The van der Waals surface area contributed by atoms with Crippen LogP contribution < -0.4 is 5.32 Å². The fourth-order valence-corrected chi connectivity index (χ4v) is 1.32. The first-order valence-electron chi connectivity index (χ1n) is 5.67. The zero-order valence-electron chi connectivity index (χ0n) is 9.70. The zero-order valence-corrected chi connectivity index (χ0v) is 9.70. The van der Waals surface area contributed by atoms with Crippen LogP contribution in [0.5, 0.6) is 0 Å². The van der Waals surface area contributed by atoms with Gasteiger partial charge in [-0.1, -0.05) is 6.92 Å². The average molecular weight is 211 g/mol. The molecule has 0 bridgehead atoms. The van der Waals surface area contributed by atoms with Crippen LogP contribution in [0.25, 0.3) is 0 Å². The lowest BCUT2D eigenvalue weighted by Crippen LogP contribution is -2.14. The number of aromatic nitrogens is 2. The third-order valence-electron chi connectivity index (χ3n) is 2.10. The van der Waals surface area contributed by atoms with Gasteiger partial charge in [0.25, 0.3) is 0 Å². The van der Waals surface area contributed by atoms with Crippen molar-refractivity contribution in [3.05, 3.63) is 18.0 Å². The molecule has 1 heterocycles. The van der Waals surface area contributed by atoms with Gasteiger partial charge in [-0.15, -0.1) is 0 Å². The highest BCUT2D eigenvalue weighted by Gasteiger charge is 1.97. The van der Waals surface area contributed by atoms with Crippen molar-refractivity contribution >= 4 is 0 Å². The fourth-order valence-electron chi connectivity index (χ4n) is 1.32. The van der Waals surface area contributed by atoms with Gasteiger partial charge in [-0.25, -0.2) is 0 Å². The second-order valence-electron chi connectivity index (χ2n) is 3.44. The van der Waals surface area contributed by atoms with Crippen molar-refractivity contribution in [3.8, 4) is 0 Å². The molecular weight excluding hydrogens is 190 g/mol. The summed E-state index contributed by atoms with van der Waals surface area (Å²) in [6.07, 6.45) is 3.16. The molecule has 0 saturated carbocycles. The fraction of sp³-hybridized carbons (Fsp3) is 0.727. The Morgan fingerprint density at radius 1 is 1.47 bits per heavy atom. The van der Waals surface area contributed by atoms with Gasteiger partial charge in [0.2, 0.25) is 0 Å². The Morgan fingerprint density at radius 3 is 3.07 bits per heavy atom. The molecule has 86 valence electrons. The van der Waals surface area contributed by atoms with Crippen LogP contribution >= 0.6 is 0 Å². The molecule has 0 aliphatic carbocycles. The van der Waals surface area contributed by atoms with E-state index in [0.29, 0.717) is 0 Å². The Kier molecular flexibility index (Phi) is 6.04. The van der Waals surface area contributed by atoms with Crippen molar-refractivity contribution in [1.82, 2.24) is 15.1 Å². The van der Waals surface area contributed by atoms with Crippen LogP contribution in [-0.4, -0.2) is 29.5 Å². The molecular formula is C11H21N3O. The molecule has 0 saturated heterocycles. The molecule has 0 atom stereocenters. The van der Waals surface area contributed by atoms with E-state index in [0.717, 1.165) is 45.0 Å². The van der Waals surface area contributed by atoms with Crippen LogP contribution in [0.1, 0.15) is 26.0 Å². The standard InChI is InChI=1S/C11H21N3O/c1-3-6-12-10-11-5-7-14(13-11)8-9-15-4-2/h5,7,12H,3-4,6,8-10H2,1-2H3. The summed E-state index contributed by atoms with van der Waals surface area (Å²) >= 11 is 0. The molecule has 1 aromatic rings. The van der Waals surface area contributed by atoms with E-state index in [1.807, 2.05) is 17.8 Å². The highest BCUT2D eigenvalue weighted by molar-refractivity contribution is 4.98. The summed E-state index contributed by atoms with van der Waals surface area (Å²) in [5.74, 6) is 0. The van der Waals surface area contributed by atoms with Crippen molar-refractivity contribution in [2.24, 2.45) is 0 Å². The highest BCUT2D eigenvalue weighted by atomic mass is 16.5. The van der Waals surface area contributed by atoms with Crippen LogP contribution in [0.3, 0.4) is 0 Å². The molecule has 0 radical (unpaired) electrons. The first-order chi connectivity index (χ1) is 7.36. The first kappa shape index (κ1) is 12.2. The largest absolute Gasteiger partial charge is 0.380 e. The van der Waals surface area contributed by atoms with E-state index in [1.165, 1.54) is 0 Å². The lowest BCUT2D eigenvalue weighted by Gasteiger charge is -2.01. The summed E-state index contributed by atoms with van der Waals surface area (Å²) in [7, 11) is 0. The molecule has 0 amide bonds. The zero-order chi connectivity index (χ0) is 10.9. The van der Waals surface area contributed by atoms with E-state index in [-0.39, 0.29) is 0 Å². The van der Waals surface area contributed by atoms with Gasteiger partial charge in [0.15, 0.2) is 0 Å².